The summed E-state index contributed by atoms with van der Waals surface area (Å²) >= 11 is 0. The summed E-state index contributed by atoms with van der Waals surface area (Å²) in [5.74, 6) is -0.870. The molecule has 0 bridgehead atoms. The number of aliphatic hydroxyl groups is 1. The number of ether oxygens (including phenoxy) is 7. The van der Waals surface area contributed by atoms with Crippen LogP contribution in [0.4, 0.5) is 0 Å². The largest absolute Gasteiger partial charge is 0.491 e. The van der Waals surface area contributed by atoms with Crippen molar-refractivity contribution in [1.82, 2.24) is 0 Å². The molecule has 0 unspecified atom stereocenters. The minimum absolute atomic E-state index is 0.0347. The second-order valence-corrected chi connectivity index (χ2v) is 6.78. The summed E-state index contributed by atoms with van der Waals surface area (Å²) in [6.45, 7) is 8.05. The van der Waals surface area contributed by atoms with Gasteiger partial charge in [0.15, 0.2) is 0 Å². The molecular weight excluding hydrogens is 452 g/mol. The van der Waals surface area contributed by atoms with Crippen LogP contribution in [0.5, 0.6) is 11.5 Å². The fourth-order valence-corrected chi connectivity index (χ4v) is 2.32. The minimum atomic E-state index is -1.10. The molecule has 0 atom stereocenters. The van der Waals surface area contributed by atoms with Gasteiger partial charge in [0, 0.05) is 11.6 Å². The van der Waals surface area contributed by atoms with Gasteiger partial charge in [-0.3, -0.25) is 0 Å². The molecule has 11 nitrogen and oxygen atoms in total. The molecule has 192 valence electrons. The smallest absolute Gasteiger partial charge is 0.335 e. The van der Waals surface area contributed by atoms with Gasteiger partial charge >= 0.3 is 11.9 Å². The van der Waals surface area contributed by atoms with Crippen LogP contribution in [0.15, 0.2) is 30.4 Å². The lowest BCUT2D eigenvalue weighted by Gasteiger charge is -2.12. The van der Waals surface area contributed by atoms with Gasteiger partial charge in [-0.2, -0.15) is 0 Å². The molecule has 0 saturated heterocycles. The van der Waals surface area contributed by atoms with Gasteiger partial charge in [0.1, 0.15) is 31.3 Å². The van der Waals surface area contributed by atoms with E-state index in [9.17, 15) is 14.7 Å². The number of carbonyl (C=O) groups is 2. The zero-order valence-corrected chi connectivity index (χ0v) is 19.5. The second-order valence-electron chi connectivity index (χ2n) is 6.78. The molecule has 0 aliphatic carbocycles. The molecule has 0 spiro atoms. The van der Waals surface area contributed by atoms with Crippen LogP contribution in [-0.2, 0) is 28.5 Å². The Labute approximate surface area is 199 Å². The highest BCUT2D eigenvalue weighted by Gasteiger charge is 2.09. The molecule has 0 heterocycles. The Kier molecular flexibility index (Phi) is 16.1. The molecule has 0 amide bonds. The van der Waals surface area contributed by atoms with E-state index in [1.165, 1.54) is 12.1 Å². The first-order chi connectivity index (χ1) is 16.4. The third-order valence-electron chi connectivity index (χ3n) is 3.91. The standard InChI is InChI=1S/C23H34O11/c1-18(2)23(27)34-14-11-31-8-7-30-10-13-33-21-16-19(22(25)26)15-20(17-21)32-12-9-29-6-5-28-4-3-24/h15-17,24H,1,3-14H2,2H3,(H,25,26). The van der Waals surface area contributed by atoms with E-state index >= 15 is 0 Å². The lowest BCUT2D eigenvalue weighted by atomic mass is 10.2. The van der Waals surface area contributed by atoms with Gasteiger partial charge in [-0.15, -0.1) is 0 Å². The van der Waals surface area contributed by atoms with Crippen LogP contribution in [0.1, 0.15) is 17.3 Å². The number of benzene rings is 1. The third-order valence-corrected chi connectivity index (χ3v) is 3.91. The van der Waals surface area contributed by atoms with Gasteiger partial charge in [0.2, 0.25) is 0 Å². The lowest BCUT2D eigenvalue weighted by Crippen LogP contribution is -2.14. The molecule has 1 aromatic carbocycles. The number of esters is 1. The molecule has 2 N–H and O–H groups in total. The van der Waals surface area contributed by atoms with Crippen LogP contribution >= 0.6 is 0 Å². The highest BCUT2D eigenvalue weighted by molar-refractivity contribution is 5.88. The van der Waals surface area contributed by atoms with E-state index in [2.05, 4.69) is 6.58 Å². The van der Waals surface area contributed by atoms with Crippen molar-refractivity contribution in [3.63, 3.8) is 0 Å². The van der Waals surface area contributed by atoms with Crippen LogP contribution in [0.2, 0.25) is 0 Å². The maximum absolute atomic E-state index is 11.4. The van der Waals surface area contributed by atoms with Crippen molar-refractivity contribution < 1.29 is 53.0 Å². The van der Waals surface area contributed by atoms with Crippen LogP contribution in [-0.4, -0.2) is 101 Å². The van der Waals surface area contributed by atoms with E-state index in [0.717, 1.165) is 0 Å². The van der Waals surface area contributed by atoms with Crippen LogP contribution in [0.25, 0.3) is 0 Å². The summed E-state index contributed by atoms with van der Waals surface area (Å²) in [7, 11) is 0. The molecule has 0 saturated carbocycles. The molecule has 34 heavy (non-hydrogen) atoms. The van der Waals surface area contributed by atoms with E-state index in [-0.39, 0.29) is 51.8 Å². The predicted octanol–water partition coefficient (Wildman–Crippen LogP) is 1.32. The van der Waals surface area contributed by atoms with Crippen molar-refractivity contribution in [2.24, 2.45) is 0 Å². The molecule has 1 aromatic rings. The van der Waals surface area contributed by atoms with Crippen LogP contribution < -0.4 is 9.47 Å². The van der Waals surface area contributed by atoms with Gasteiger partial charge in [-0.25, -0.2) is 9.59 Å². The summed E-state index contributed by atoms with van der Waals surface area (Å²) in [4.78, 5) is 22.6. The Balaban J connectivity index is 2.22. The molecule has 0 aliphatic heterocycles. The van der Waals surface area contributed by atoms with Crippen LogP contribution in [0.3, 0.4) is 0 Å². The minimum Gasteiger partial charge on any atom is -0.491 e. The Morgan fingerprint density at radius 2 is 1.18 bits per heavy atom. The Morgan fingerprint density at radius 3 is 1.62 bits per heavy atom. The number of carboxylic acid groups (broad SMARTS) is 1. The molecular formula is C23H34O11. The molecule has 0 aliphatic rings. The number of hydrogen-bond donors (Lipinski definition) is 2. The van der Waals surface area contributed by atoms with Gasteiger partial charge in [-0.1, -0.05) is 6.58 Å². The summed E-state index contributed by atoms with van der Waals surface area (Å²) < 4.78 is 37.1. The normalized spacial score (nSPS) is 10.6. The van der Waals surface area contributed by atoms with Gasteiger partial charge in [0.05, 0.1) is 65.0 Å². The molecule has 11 heteroatoms. The zero-order chi connectivity index (χ0) is 25.0. The van der Waals surface area contributed by atoms with E-state index in [1.807, 2.05) is 0 Å². The monoisotopic (exact) mass is 486 g/mol. The van der Waals surface area contributed by atoms with E-state index in [0.29, 0.717) is 50.1 Å². The number of aliphatic hydroxyl groups excluding tert-OH is 1. The van der Waals surface area contributed by atoms with Crippen molar-refractivity contribution in [3.05, 3.63) is 35.9 Å². The lowest BCUT2D eigenvalue weighted by molar-refractivity contribution is -0.140. The highest BCUT2D eigenvalue weighted by Crippen LogP contribution is 2.23. The van der Waals surface area contributed by atoms with Crippen molar-refractivity contribution >= 4 is 11.9 Å². The van der Waals surface area contributed by atoms with Crippen molar-refractivity contribution in [3.8, 4) is 11.5 Å². The third kappa shape index (κ3) is 14.4. The molecule has 0 radical (unpaired) electrons. The molecule has 0 aromatic heterocycles. The Morgan fingerprint density at radius 1 is 0.735 bits per heavy atom. The first-order valence-electron chi connectivity index (χ1n) is 10.8. The van der Waals surface area contributed by atoms with Crippen molar-refractivity contribution in [2.75, 3.05) is 79.3 Å². The maximum atomic E-state index is 11.4. The van der Waals surface area contributed by atoms with Crippen molar-refractivity contribution in [2.45, 2.75) is 6.92 Å². The SMILES string of the molecule is C=C(C)C(=O)OCCOCCOCCOc1cc(OCCOCCOCCO)cc(C(=O)O)c1. The van der Waals surface area contributed by atoms with E-state index in [1.54, 1.807) is 13.0 Å². The summed E-state index contributed by atoms with van der Waals surface area (Å²) in [6, 6.07) is 4.40. The number of aromatic carboxylic acids is 1. The zero-order valence-electron chi connectivity index (χ0n) is 19.5. The van der Waals surface area contributed by atoms with Crippen LogP contribution in [0, 0.1) is 0 Å². The van der Waals surface area contributed by atoms with Crippen molar-refractivity contribution in [1.29, 1.82) is 0 Å². The van der Waals surface area contributed by atoms with E-state index in [4.69, 9.17) is 38.3 Å². The number of hydrogen-bond acceptors (Lipinski definition) is 10. The summed E-state index contributed by atoms with van der Waals surface area (Å²) in [6.07, 6.45) is 0. The average Bonchev–Trinajstić information content (AvgIpc) is 2.81. The Hall–Kier alpha value is -2.70. The number of rotatable bonds is 21. The first-order valence-corrected chi connectivity index (χ1v) is 10.8. The fourth-order valence-electron chi connectivity index (χ4n) is 2.32. The average molecular weight is 487 g/mol. The maximum Gasteiger partial charge on any atom is 0.335 e. The van der Waals surface area contributed by atoms with Gasteiger partial charge in [-0.05, 0) is 19.1 Å². The Bertz CT molecular complexity index is 736. The fraction of sp³-hybridized carbons (Fsp3) is 0.565. The first kappa shape index (κ1) is 29.3. The predicted molar refractivity (Wildman–Crippen MR) is 121 cm³/mol. The summed E-state index contributed by atoms with van der Waals surface area (Å²) in [5.41, 5.74) is 0.370. The topological polar surface area (TPSA) is 139 Å². The van der Waals surface area contributed by atoms with Gasteiger partial charge in [0.25, 0.3) is 0 Å². The number of carboxylic acids is 1. The molecule has 0 fully saturated rings. The molecule has 1 rings (SSSR count). The highest BCUT2D eigenvalue weighted by atomic mass is 16.6. The summed E-state index contributed by atoms with van der Waals surface area (Å²) in [5, 5.41) is 17.9. The quantitative estimate of drug-likeness (QED) is 0.148. The second kappa shape index (κ2) is 18.7. The van der Waals surface area contributed by atoms with E-state index < -0.39 is 11.9 Å². The van der Waals surface area contributed by atoms with Gasteiger partial charge < -0.3 is 43.4 Å². The number of carbonyl (C=O) groups excluding carboxylic acids is 1.